The summed E-state index contributed by atoms with van der Waals surface area (Å²) in [6.45, 7) is 36.3. The van der Waals surface area contributed by atoms with Gasteiger partial charge in [-0.2, -0.15) is 0 Å². The van der Waals surface area contributed by atoms with Crippen LogP contribution in [0.4, 0.5) is 0 Å². The molecule has 0 saturated carbocycles. The van der Waals surface area contributed by atoms with Gasteiger partial charge in [0.25, 0.3) is 0 Å². The molecule has 37 heavy (non-hydrogen) atoms. The average Bonchev–Trinajstić information content (AvgIpc) is 2.90. The Hall–Kier alpha value is -0.103. The zero-order valence-electron chi connectivity index (χ0n) is 26.7. The fourth-order valence-corrected chi connectivity index (χ4v) is 7.23. The van der Waals surface area contributed by atoms with Gasteiger partial charge in [-0.05, 0) is 80.1 Å². The molecule has 9 heteroatoms. The maximum absolute atomic E-state index is 6.64. The van der Waals surface area contributed by atoms with E-state index in [1.54, 1.807) is 0 Å². The molecule has 0 spiro atoms. The summed E-state index contributed by atoms with van der Waals surface area (Å²) < 4.78 is 26.6. The van der Waals surface area contributed by atoms with E-state index in [0.717, 1.165) is 52.4 Å². The highest BCUT2D eigenvalue weighted by Gasteiger charge is 2.48. The van der Waals surface area contributed by atoms with E-state index in [-0.39, 0.29) is 24.2 Å². The maximum atomic E-state index is 6.64. The quantitative estimate of drug-likeness (QED) is 0.164. The fraction of sp³-hybridized carbons (Fsp3) is 1.00. The van der Waals surface area contributed by atoms with Crippen molar-refractivity contribution in [3.8, 4) is 0 Å². The van der Waals surface area contributed by atoms with E-state index in [2.05, 4.69) is 103 Å². The lowest BCUT2D eigenvalue weighted by molar-refractivity contribution is -0.0663. The third-order valence-electron chi connectivity index (χ3n) is 7.75. The van der Waals surface area contributed by atoms with Crippen LogP contribution in [0.1, 0.15) is 83.1 Å². The van der Waals surface area contributed by atoms with Crippen LogP contribution in [0.15, 0.2) is 0 Å². The summed E-state index contributed by atoms with van der Waals surface area (Å²) in [5.74, 6) is 0. The van der Waals surface area contributed by atoms with Gasteiger partial charge in [-0.1, -0.05) is 55.4 Å². The van der Waals surface area contributed by atoms with E-state index in [0.29, 0.717) is 26.4 Å². The van der Waals surface area contributed by atoms with Crippen LogP contribution in [0.3, 0.4) is 0 Å². The number of hydrogen-bond acceptors (Lipinski definition) is 8. The van der Waals surface area contributed by atoms with Crippen LogP contribution in [0.5, 0.6) is 0 Å². The van der Waals surface area contributed by atoms with E-state index in [1.807, 2.05) is 0 Å². The minimum Gasteiger partial charge on any atom is -0.350 e. The van der Waals surface area contributed by atoms with Crippen LogP contribution in [-0.4, -0.2) is 132 Å². The zero-order chi connectivity index (χ0) is 28.4. The highest BCUT2D eigenvalue weighted by molar-refractivity contribution is 6.53. The van der Waals surface area contributed by atoms with E-state index < -0.39 is 9.05 Å². The Balaban J connectivity index is 5.97. The summed E-state index contributed by atoms with van der Waals surface area (Å²) in [6.07, 6.45) is 0. The molecule has 224 valence electrons. The van der Waals surface area contributed by atoms with Gasteiger partial charge < -0.3 is 17.7 Å². The Morgan fingerprint density at radius 1 is 0.378 bits per heavy atom. The second-order valence-corrected chi connectivity index (χ2v) is 12.2. The smallest absolute Gasteiger partial charge is 0.350 e. The molecule has 4 atom stereocenters. The van der Waals surface area contributed by atoms with Gasteiger partial charge >= 0.3 is 9.05 Å². The number of likely N-dealkylation sites (N-methyl/N-ethyl adjacent to an activating group) is 4. The van der Waals surface area contributed by atoms with Crippen molar-refractivity contribution in [2.45, 2.75) is 107 Å². The first-order chi connectivity index (χ1) is 17.6. The Bertz CT molecular complexity index is 439. The van der Waals surface area contributed by atoms with Gasteiger partial charge in [0.2, 0.25) is 0 Å². The van der Waals surface area contributed by atoms with Crippen LogP contribution in [-0.2, 0) is 17.7 Å². The molecular formula is C28H64N4O4Si. The average molecular weight is 549 g/mol. The summed E-state index contributed by atoms with van der Waals surface area (Å²) in [4.78, 5) is 9.59. The fourth-order valence-electron chi connectivity index (χ4n) is 4.95. The molecule has 0 aliphatic carbocycles. The van der Waals surface area contributed by atoms with Crippen molar-refractivity contribution in [2.24, 2.45) is 0 Å². The second kappa shape index (κ2) is 20.8. The monoisotopic (exact) mass is 548 g/mol. The molecule has 0 N–H and O–H groups in total. The van der Waals surface area contributed by atoms with E-state index >= 15 is 0 Å². The van der Waals surface area contributed by atoms with Gasteiger partial charge in [0.15, 0.2) is 0 Å². The SMILES string of the molecule is CCN(CC)C(C)CO[Si](OCC(C)N(CC)CC)(OCC(C)N(CC)CC)OCC(C)N(CC)CC. The summed E-state index contributed by atoms with van der Waals surface area (Å²) >= 11 is 0. The molecule has 0 aromatic carbocycles. The van der Waals surface area contributed by atoms with Crippen molar-refractivity contribution in [2.75, 3.05) is 78.8 Å². The molecule has 0 saturated heterocycles. The first kappa shape index (κ1) is 36.9. The molecule has 0 radical (unpaired) electrons. The number of rotatable bonds is 24. The third-order valence-corrected chi connectivity index (χ3v) is 9.83. The van der Waals surface area contributed by atoms with Gasteiger partial charge in [0, 0.05) is 24.2 Å². The van der Waals surface area contributed by atoms with Crippen LogP contribution in [0, 0.1) is 0 Å². The molecule has 0 heterocycles. The first-order valence-corrected chi connectivity index (χ1v) is 16.8. The van der Waals surface area contributed by atoms with Gasteiger partial charge in [-0.15, -0.1) is 0 Å². The van der Waals surface area contributed by atoms with Crippen molar-refractivity contribution in [3.63, 3.8) is 0 Å². The van der Waals surface area contributed by atoms with Crippen LogP contribution >= 0.6 is 0 Å². The van der Waals surface area contributed by atoms with Crippen LogP contribution < -0.4 is 0 Å². The second-order valence-electron chi connectivity index (χ2n) is 10.0. The first-order valence-electron chi connectivity index (χ1n) is 15.1. The molecule has 0 rings (SSSR count). The molecule has 4 unspecified atom stereocenters. The lowest BCUT2D eigenvalue weighted by Gasteiger charge is -2.37. The standard InChI is InChI=1S/C28H64N4O4Si/c1-13-29(14-2)25(9)21-33-37(34-22-26(10)30(15-3)16-4,35-23-27(11)31(17-5)18-6)36-24-28(12)32(19-7)20-8/h25-28H,13-24H2,1-12H3. The Labute approximate surface area is 232 Å². The highest BCUT2D eigenvalue weighted by Crippen LogP contribution is 2.18. The van der Waals surface area contributed by atoms with Gasteiger partial charge in [-0.25, -0.2) is 0 Å². The van der Waals surface area contributed by atoms with Crippen LogP contribution in [0.25, 0.3) is 0 Å². The Morgan fingerprint density at radius 2 is 0.541 bits per heavy atom. The van der Waals surface area contributed by atoms with E-state index in [9.17, 15) is 0 Å². The molecule has 0 aromatic rings. The number of nitrogens with zero attached hydrogens (tertiary/aromatic N) is 4. The van der Waals surface area contributed by atoms with Crippen molar-refractivity contribution in [1.29, 1.82) is 0 Å². The lowest BCUT2D eigenvalue weighted by Crippen LogP contribution is -2.56. The molecule has 0 aliphatic heterocycles. The predicted molar refractivity (Wildman–Crippen MR) is 159 cm³/mol. The topological polar surface area (TPSA) is 49.9 Å². The minimum atomic E-state index is -3.44. The predicted octanol–water partition coefficient (Wildman–Crippen LogP) is 4.41. The minimum absolute atomic E-state index is 0.248. The Kier molecular flexibility index (Phi) is 20.7. The molecule has 0 amide bonds. The van der Waals surface area contributed by atoms with Gasteiger partial charge in [-0.3, -0.25) is 19.6 Å². The molecule has 0 bridgehead atoms. The van der Waals surface area contributed by atoms with Crippen molar-refractivity contribution >= 4 is 9.05 Å². The molecule has 0 aliphatic rings. The zero-order valence-corrected chi connectivity index (χ0v) is 27.7. The molecule has 0 aromatic heterocycles. The summed E-state index contributed by atoms with van der Waals surface area (Å²) in [5.41, 5.74) is 0. The van der Waals surface area contributed by atoms with Gasteiger partial charge in [0.1, 0.15) is 0 Å². The van der Waals surface area contributed by atoms with E-state index in [4.69, 9.17) is 17.7 Å². The lowest BCUT2D eigenvalue weighted by atomic mass is 10.3. The largest absolute Gasteiger partial charge is 0.679 e. The Morgan fingerprint density at radius 3 is 0.676 bits per heavy atom. The van der Waals surface area contributed by atoms with Crippen molar-refractivity contribution in [3.05, 3.63) is 0 Å². The molecule has 0 fully saturated rings. The van der Waals surface area contributed by atoms with Crippen molar-refractivity contribution < 1.29 is 17.7 Å². The molecular weight excluding hydrogens is 484 g/mol. The summed E-state index contributed by atoms with van der Waals surface area (Å²) in [7, 11) is -3.44. The van der Waals surface area contributed by atoms with Gasteiger partial charge in [0.05, 0.1) is 26.4 Å². The summed E-state index contributed by atoms with van der Waals surface area (Å²) in [6, 6.07) is 0.994. The highest BCUT2D eigenvalue weighted by atomic mass is 28.4. The molecule has 8 nitrogen and oxygen atoms in total. The third kappa shape index (κ3) is 13.2. The van der Waals surface area contributed by atoms with Crippen LogP contribution in [0.2, 0.25) is 0 Å². The normalized spacial score (nSPS) is 17.5. The number of hydrogen-bond donors (Lipinski definition) is 0. The van der Waals surface area contributed by atoms with E-state index in [1.165, 1.54) is 0 Å². The van der Waals surface area contributed by atoms with Crippen molar-refractivity contribution in [1.82, 2.24) is 19.6 Å². The summed E-state index contributed by atoms with van der Waals surface area (Å²) in [5, 5.41) is 0. The maximum Gasteiger partial charge on any atom is 0.679 e.